The van der Waals surface area contributed by atoms with E-state index in [0.717, 1.165) is 5.56 Å². The quantitative estimate of drug-likeness (QED) is 0.503. The van der Waals surface area contributed by atoms with Crippen LogP contribution in [0.5, 0.6) is 0 Å². The molecule has 0 aliphatic heterocycles. The number of aromatic nitrogens is 2. The van der Waals surface area contributed by atoms with E-state index in [0.29, 0.717) is 16.7 Å². The molecule has 0 saturated carbocycles. The minimum atomic E-state index is -3.64. The molecule has 3 rings (SSSR count). The molecule has 1 aromatic heterocycles. The van der Waals surface area contributed by atoms with Gasteiger partial charge in [-0.15, -0.1) is 0 Å². The van der Waals surface area contributed by atoms with Crippen molar-refractivity contribution >= 4 is 38.4 Å². The second kappa shape index (κ2) is 7.47. The summed E-state index contributed by atoms with van der Waals surface area (Å²) in [4.78, 5) is 19.1. The number of imidazole rings is 1. The van der Waals surface area contributed by atoms with Crippen LogP contribution in [-0.2, 0) is 19.4 Å². The molecule has 0 bridgehead atoms. The Morgan fingerprint density at radius 1 is 1.18 bits per heavy atom. The van der Waals surface area contributed by atoms with E-state index < -0.39 is 21.1 Å². The van der Waals surface area contributed by atoms with Gasteiger partial charge >= 0.3 is 5.97 Å². The number of esters is 1. The number of anilines is 1. The van der Waals surface area contributed by atoms with Crippen molar-refractivity contribution < 1.29 is 17.9 Å². The van der Waals surface area contributed by atoms with Crippen LogP contribution in [0.2, 0.25) is 0 Å². The van der Waals surface area contributed by atoms with E-state index in [2.05, 4.69) is 9.97 Å². The number of sulfone groups is 1. The summed E-state index contributed by atoms with van der Waals surface area (Å²) in [5, 5.41) is -0.645. The summed E-state index contributed by atoms with van der Waals surface area (Å²) in [7, 11) is -2.36. The number of nitrogens with two attached hydrogens (primary N) is 1. The Labute approximate surface area is 163 Å². The highest BCUT2D eigenvalue weighted by Crippen LogP contribution is 2.32. The molecule has 0 atom stereocenters. The van der Waals surface area contributed by atoms with Gasteiger partial charge in [-0.25, -0.2) is 18.2 Å². The lowest BCUT2D eigenvalue weighted by atomic mass is 9.97. The number of rotatable bonds is 5. The fraction of sp³-hybridized carbons (Fsp3) is 0.200. The number of H-pyrrole nitrogens is 1. The number of nitrogens with one attached hydrogen (secondary N) is 1. The fourth-order valence-electron chi connectivity index (χ4n) is 2.86. The van der Waals surface area contributed by atoms with E-state index in [-0.39, 0.29) is 16.4 Å². The molecule has 0 aliphatic rings. The van der Waals surface area contributed by atoms with Crippen molar-refractivity contribution in [1.82, 2.24) is 9.97 Å². The standard InChI is InChI=1S/C20H21N3O4S/c1-12(2)28(25,26)17-10-14(9-16-19(17)23-20(21)22-16)15(11-18(24)27-3)13-7-5-4-6-8-13/h4-12H,1-3H3,(H3,21,22,23)/b15-11+. The van der Waals surface area contributed by atoms with Crippen LogP contribution in [0.3, 0.4) is 0 Å². The Bertz CT molecular complexity index is 1160. The number of nitrogens with zero attached hydrogens (tertiary/aromatic N) is 1. The molecular formula is C20H21N3O4S. The minimum Gasteiger partial charge on any atom is -0.466 e. The van der Waals surface area contributed by atoms with Crippen LogP contribution >= 0.6 is 0 Å². The van der Waals surface area contributed by atoms with E-state index in [1.807, 2.05) is 30.3 Å². The average Bonchev–Trinajstić information content (AvgIpc) is 3.05. The maximum absolute atomic E-state index is 12.9. The van der Waals surface area contributed by atoms with E-state index in [1.54, 1.807) is 19.9 Å². The van der Waals surface area contributed by atoms with Crippen molar-refractivity contribution in [2.24, 2.45) is 0 Å². The predicted molar refractivity (Wildman–Crippen MR) is 108 cm³/mol. The number of methoxy groups -OCH3 is 1. The Morgan fingerprint density at radius 3 is 2.46 bits per heavy atom. The first-order valence-electron chi connectivity index (χ1n) is 8.62. The van der Waals surface area contributed by atoms with E-state index >= 15 is 0 Å². The summed E-state index contributed by atoms with van der Waals surface area (Å²) in [5.41, 5.74) is 8.33. The maximum atomic E-state index is 12.9. The number of hydrogen-bond donors (Lipinski definition) is 2. The van der Waals surface area contributed by atoms with Crippen LogP contribution in [0, 0.1) is 0 Å². The van der Waals surface area contributed by atoms with Crippen molar-refractivity contribution in [1.29, 1.82) is 0 Å². The van der Waals surface area contributed by atoms with Gasteiger partial charge in [-0.1, -0.05) is 30.3 Å². The first kappa shape index (κ1) is 19.6. The zero-order valence-electron chi connectivity index (χ0n) is 15.8. The minimum absolute atomic E-state index is 0.0645. The fourth-order valence-corrected chi connectivity index (χ4v) is 4.08. The molecule has 0 saturated heterocycles. The summed E-state index contributed by atoms with van der Waals surface area (Å²) in [6, 6.07) is 12.4. The number of ether oxygens (including phenoxy) is 1. The highest BCUT2D eigenvalue weighted by Gasteiger charge is 2.25. The first-order chi connectivity index (χ1) is 13.2. The number of aromatic amines is 1. The van der Waals surface area contributed by atoms with Crippen LogP contribution in [0.25, 0.3) is 16.6 Å². The number of carbonyl (C=O) groups is 1. The largest absolute Gasteiger partial charge is 0.466 e. The first-order valence-corrected chi connectivity index (χ1v) is 10.2. The molecule has 0 aliphatic carbocycles. The molecule has 0 unspecified atom stereocenters. The lowest BCUT2D eigenvalue weighted by Crippen LogP contribution is -2.15. The number of carbonyl (C=O) groups excluding carboxylic acids is 1. The van der Waals surface area contributed by atoms with Crippen LogP contribution in [-0.4, -0.2) is 36.7 Å². The van der Waals surface area contributed by atoms with Crippen molar-refractivity contribution in [2.45, 2.75) is 24.0 Å². The molecule has 1 heterocycles. The van der Waals surface area contributed by atoms with Gasteiger partial charge in [-0.05, 0) is 42.7 Å². The van der Waals surface area contributed by atoms with Gasteiger partial charge in [-0.2, -0.15) is 0 Å². The lowest BCUT2D eigenvalue weighted by Gasteiger charge is -2.13. The monoisotopic (exact) mass is 399 g/mol. The molecule has 0 fully saturated rings. The molecule has 28 heavy (non-hydrogen) atoms. The van der Waals surface area contributed by atoms with Gasteiger partial charge in [0.05, 0.1) is 22.8 Å². The third kappa shape index (κ3) is 3.63. The van der Waals surface area contributed by atoms with Crippen LogP contribution in [0.15, 0.2) is 53.4 Å². The second-order valence-corrected chi connectivity index (χ2v) is 9.01. The topological polar surface area (TPSA) is 115 Å². The van der Waals surface area contributed by atoms with E-state index in [4.69, 9.17) is 10.5 Å². The lowest BCUT2D eigenvalue weighted by molar-refractivity contribution is -0.134. The molecule has 0 spiro atoms. The van der Waals surface area contributed by atoms with Crippen LogP contribution in [0.4, 0.5) is 5.95 Å². The summed E-state index contributed by atoms with van der Waals surface area (Å²) >= 11 is 0. The molecular weight excluding hydrogens is 378 g/mol. The van der Waals surface area contributed by atoms with Crippen LogP contribution in [0.1, 0.15) is 25.0 Å². The summed E-state index contributed by atoms with van der Waals surface area (Å²) in [6.45, 7) is 3.21. The highest BCUT2D eigenvalue weighted by molar-refractivity contribution is 7.92. The Balaban J connectivity index is 2.35. The summed E-state index contributed by atoms with van der Waals surface area (Å²) < 4.78 is 30.7. The number of hydrogen-bond acceptors (Lipinski definition) is 6. The predicted octanol–water partition coefficient (Wildman–Crippen LogP) is 2.93. The van der Waals surface area contributed by atoms with Gasteiger partial charge in [0.2, 0.25) is 0 Å². The number of fused-ring (bicyclic) bond motifs is 1. The third-order valence-corrected chi connectivity index (χ3v) is 6.52. The average molecular weight is 399 g/mol. The third-order valence-electron chi connectivity index (χ3n) is 4.36. The second-order valence-electron chi connectivity index (χ2n) is 6.53. The SMILES string of the molecule is COC(=O)/C=C(\c1ccccc1)c1cc(S(=O)(=O)C(C)C)c2nc(N)[nH]c2c1. The molecule has 3 aromatic rings. The number of benzene rings is 2. The maximum Gasteiger partial charge on any atom is 0.331 e. The van der Waals surface area contributed by atoms with Crippen LogP contribution < -0.4 is 5.73 Å². The Morgan fingerprint density at radius 2 is 1.86 bits per heavy atom. The highest BCUT2D eigenvalue weighted by atomic mass is 32.2. The van der Waals surface area contributed by atoms with Gasteiger partial charge < -0.3 is 15.5 Å². The molecule has 146 valence electrons. The molecule has 0 radical (unpaired) electrons. The molecule has 8 heteroatoms. The molecule has 3 N–H and O–H groups in total. The summed E-state index contributed by atoms with van der Waals surface area (Å²) in [6.07, 6.45) is 1.34. The van der Waals surface area contributed by atoms with E-state index in [9.17, 15) is 13.2 Å². The Kier molecular flexibility index (Phi) is 5.24. The van der Waals surface area contributed by atoms with Gasteiger partial charge in [0.25, 0.3) is 0 Å². The zero-order chi connectivity index (χ0) is 20.5. The van der Waals surface area contributed by atoms with Crippen molar-refractivity contribution in [2.75, 3.05) is 12.8 Å². The Hall–Kier alpha value is -3.13. The van der Waals surface area contributed by atoms with Gasteiger partial charge in [-0.3, -0.25) is 0 Å². The van der Waals surface area contributed by atoms with Gasteiger partial charge in [0.15, 0.2) is 15.8 Å². The number of nitrogen functional groups attached to an aromatic ring is 1. The van der Waals surface area contributed by atoms with E-state index in [1.165, 1.54) is 19.3 Å². The van der Waals surface area contributed by atoms with Crippen molar-refractivity contribution in [3.63, 3.8) is 0 Å². The van der Waals surface area contributed by atoms with Crippen molar-refractivity contribution in [3.05, 3.63) is 59.7 Å². The van der Waals surface area contributed by atoms with Gasteiger partial charge in [0, 0.05) is 6.08 Å². The smallest absolute Gasteiger partial charge is 0.331 e. The van der Waals surface area contributed by atoms with Gasteiger partial charge in [0.1, 0.15) is 5.52 Å². The molecule has 7 nitrogen and oxygen atoms in total. The zero-order valence-corrected chi connectivity index (χ0v) is 16.6. The summed E-state index contributed by atoms with van der Waals surface area (Å²) in [5.74, 6) is -0.429. The normalized spacial score (nSPS) is 12.5. The molecule has 0 amide bonds. The van der Waals surface area contributed by atoms with Crippen molar-refractivity contribution in [3.8, 4) is 0 Å². The molecule has 2 aromatic carbocycles.